The Morgan fingerprint density at radius 1 is 1.38 bits per heavy atom. The number of nitrogens with one attached hydrogen (secondary N) is 1. The fourth-order valence-electron chi connectivity index (χ4n) is 2.06. The molecule has 1 aliphatic heterocycles. The Hall–Kier alpha value is -1.10. The van der Waals surface area contributed by atoms with E-state index in [0.717, 1.165) is 24.2 Å². The van der Waals surface area contributed by atoms with Gasteiger partial charge in [0, 0.05) is 12.2 Å². The van der Waals surface area contributed by atoms with Gasteiger partial charge in [-0.05, 0) is 36.6 Å². The third-order valence-corrected chi connectivity index (χ3v) is 3.01. The van der Waals surface area contributed by atoms with Crippen LogP contribution in [0.15, 0.2) is 18.2 Å². The molecule has 16 heavy (non-hydrogen) atoms. The number of rotatable bonds is 4. The van der Waals surface area contributed by atoms with Crippen molar-refractivity contribution in [1.82, 2.24) is 0 Å². The van der Waals surface area contributed by atoms with Gasteiger partial charge < -0.3 is 21.3 Å². The van der Waals surface area contributed by atoms with Crippen molar-refractivity contribution in [2.45, 2.75) is 25.0 Å². The van der Waals surface area contributed by atoms with Gasteiger partial charge in [-0.15, -0.1) is 0 Å². The van der Waals surface area contributed by atoms with E-state index in [1.807, 2.05) is 18.2 Å². The third-order valence-electron chi connectivity index (χ3n) is 3.01. The maximum Gasteiger partial charge on any atom is 0.105 e. The number of hydrogen-bond acceptors (Lipinski definition) is 4. The Labute approximate surface area is 95.1 Å². The second-order valence-electron chi connectivity index (χ2n) is 4.18. The molecule has 1 heterocycles. The van der Waals surface area contributed by atoms with Crippen molar-refractivity contribution in [2.24, 2.45) is 5.73 Å². The second-order valence-corrected chi connectivity index (χ2v) is 4.18. The lowest BCUT2D eigenvalue weighted by atomic mass is 9.99. The molecule has 88 valence electrons. The van der Waals surface area contributed by atoms with E-state index >= 15 is 0 Å². The Morgan fingerprint density at radius 3 is 2.94 bits per heavy atom. The number of benzene rings is 1. The highest BCUT2D eigenvalue weighted by Gasteiger charge is 2.19. The first-order chi connectivity index (χ1) is 7.72. The molecule has 0 amide bonds. The SMILES string of the molecule is NCCC(O)C(O)c1ccc2c(c1)CCN2. The summed E-state index contributed by atoms with van der Waals surface area (Å²) in [6.45, 7) is 1.32. The van der Waals surface area contributed by atoms with Crippen LogP contribution >= 0.6 is 0 Å². The fraction of sp³-hybridized carbons (Fsp3) is 0.500. The largest absolute Gasteiger partial charge is 0.390 e. The Kier molecular flexibility index (Phi) is 3.43. The molecule has 1 aromatic carbocycles. The predicted molar refractivity (Wildman–Crippen MR) is 63.3 cm³/mol. The zero-order valence-electron chi connectivity index (χ0n) is 9.19. The summed E-state index contributed by atoms with van der Waals surface area (Å²) in [4.78, 5) is 0. The molecular weight excluding hydrogens is 204 g/mol. The van der Waals surface area contributed by atoms with E-state index in [9.17, 15) is 10.2 Å². The predicted octanol–water partition coefficient (Wildman–Crippen LogP) is 0.398. The molecule has 0 aromatic heterocycles. The van der Waals surface area contributed by atoms with E-state index < -0.39 is 12.2 Å². The van der Waals surface area contributed by atoms with Crippen LogP contribution in [0.25, 0.3) is 0 Å². The van der Waals surface area contributed by atoms with E-state index in [1.54, 1.807) is 0 Å². The summed E-state index contributed by atoms with van der Waals surface area (Å²) in [6.07, 6.45) is -0.230. The topological polar surface area (TPSA) is 78.5 Å². The molecule has 2 rings (SSSR count). The lowest BCUT2D eigenvalue weighted by Crippen LogP contribution is -2.21. The average molecular weight is 222 g/mol. The Balaban J connectivity index is 2.14. The van der Waals surface area contributed by atoms with Crippen molar-refractivity contribution in [3.8, 4) is 0 Å². The van der Waals surface area contributed by atoms with Gasteiger partial charge in [0.2, 0.25) is 0 Å². The van der Waals surface area contributed by atoms with Crippen LogP contribution < -0.4 is 11.1 Å². The minimum atomic E-state index is -0.838. The molecule has 4 heteroatoms. The maximum absolute atomic E-state index is 9.93. The highest BCUT2D eigenvalue weighted by molar-refractivity contribution is 5.56. The van der Waals surface area contributed by atoms with Crippen LogP contribution in [-0.2, 0) is 6.42 Å². The van der Waals surface area contributed by atoms with Gasteiger partial charge in [-0.3, -0.25) is 0 Å². The Morgan fingerprint density at radius 2 is 2.19 bits per heavy atom. The van der Waals surface area contributed by atoms with Crippen LogP contribution in [0.5, 0.6) is 0 Å². The van der Waals surface area contributed by atoms with Gasteiger partial charge in [-0.25, -0.2) is 0 Å². The van der Waals surface area contributed by atoms with Crippen LogP contribution in [0.1, 0.15) is 23.7 Å². The normalized spacial score (nSPS) is 17.7. The zero-order chi connectivity index (χ0) is 11.5. The molecule has 0 spiro atoms. The summed E-state index contributed by atoms with van der Waals surface area (Å²) < 4.78 is 0. The summed E-state index contributed by atoms with van der Waals surface area (Å²) in [5.74, 6) is 0. The monoisotopic (exact) mass is 222 g/mol. The number of anilines is 1. The number of hydrogen-bond donors (Lipinski definition) is 4. The molecule has 4 nitrogen and oxygen atoms in total. The number of aliphatic hydroxyl groups excluding tert-OH is 2. The molecule has 0 aliphatic carbocycles. The second kappa shape index (κ2) is 4.82. The number of aliphatic hydroxyl groups is 2. The first kappa shape index (κ1) is 11.4. The molecule has 1 aliphatic rings. The summed E-state index contributed by atoms with van der Waals surface area (Å²) in [5.41, 5.74) is 8.46. The number of nitrogens with two attached hydrogens (primary N) is 1. The summed E-state index contributed by atoms with van der Waals surface area (Å²) in [6, 6.07) is 5.76. The van der Waals surface area contributed by atoms with Crippen LogP contribution in [-0.4, -0.2) is 29.4 Å². The quantitative estimate of drug-likeness (QED) is 0.594. The van der Waals surface area contributed by atoms with Gasteiger partial charge in [0.25, 0.3) is 0 Å². The van der Waals surface area contributed by atoms with E-state index in [-0.39, 0.29) is 0 Å². The molecule has 2 atom stereocenters. The zero-order valence-corrected chi connectivity index (χ0v) is 9.19. The average Bonchev–Trinajstić information content (AvgIpc) is 2.75. The van der Waals surface area contributed by atoms with Gasteiger partial charge in [0.05, 0.1) is 6.10 Å². The molecule has 2 unspecified atom stereocenters. The Bertz CT molecular complexity index is 368. The van der Waals surface area contributed by atoms with Gasteiger partial charge in [0.15, 0.2) is 0 Å². The van der Waals surface area contributed by atoms with Crippen molar-refractivity contribution in [3.05, 3.63) is 29.3 Å². The lowest BCUT2D eigenvalue weighted by molar-refractivity contribution is 0.0150. The van der Waals surface area contributed by atoms with E-state index in [4.69, 9.17) is 5.73 Å². The van der Waals surface area contributed by atoms with Gasteiger partial charge in [0.1, 0.15) is 6.10 Å². The standard InChI is InChI=1S/C12H18N2O2/c13-5-3-11(15)12(16)9-1-2-10-8(7-9)4-6-14-10/h1-2,7,11-12,14-16H,3-6,13H2. The van der Waals surface area contributed by atoms with Crippen molar-refractivity contribution < 1.29 is 10.2 Å². The first-order valence-electron chi connectivity index (χ1n) is 5.65. The van der Waals surface area contributed by atoms with Gasteiger partial charge >= 0.3 is 0 Å². The van der Waals surface area contributed by atoms with Gasteiger partial charge in [-0.2, -0.15) is 0 Å². The molecule has 0 radical (unpaired) electrons. The van der Waals surface area contributed by atoms with E-state index in [1.165, 1.54) is 5.56 Å². The molecule has 0 saturated carbocycles. The maximum atomic E-state index is 9.93. The first-order valence-corrected chi connectivity index (χ1v) is 5.65. The highest BCUT2D eigenvalue weighted by atomic mass is 16.3. The fourth-order valence-corrected chi connectivity index (χ4v) is 2.06. The smallest absolute Gasteiger partial charge is 0.105 e. The summed E-state index contributed by atoms with van der Waals surface area (Å²) in [7, 11) is 0. The summed E-state index contributed by atoms with van der Waals surface area (Å²) in [5, 5.41) is 22.9. The number of fused-ring (bicyclic) bond motifs is 1. The molecule has 5 N–H and O–H groups in total. The van der Waals surface area contributed by atoms with E-state index in [2.05, 4.69) is 5.32 Å². The molecule has 0 saturated heterocycles. The lowest BCUT2D eigenvalue weighted by Gasteiger charge is -2.18. The van der Waals surface area contributed by atoms with Gasteiger partial charge in [-0.1, -0.05) is 12.1 Å². The van der Waals surface area contributed by atoms with Crippen LogP contribution in [0, 0.1) is 0 Å². The highest BCUT2D eigenvalue weighted by Crippen LogP contribution is 2.27. The van der Waals surface area contributed by atoms with Crippen molar-refractivity contribution in [3.63, 3.8) is 0 Å². The van der Waals surface area contributed by atoms with E-state index in [0.29, 0.717) is 13.0 Å². The third kappa shape index (κ3) is 2.19. The minimum Gasteiger partial charge on any atom is -0.390 e. The van der Waals surface area contributed by atoms with Crippen molar-refractivity contribution in [2.75, 3.05) is 18.4 Å². The molecule has 0 bridgehead atoms. The molecule has 1 aromatic rings. The van der Waals surface area contributed by atoms with Crippen molar-refractivity contribution in [1.29, 1.82) is 0 Å². The van der Waals surface area contributed by atoms with Crippen LogP contribution in [0.4, 0.5) is 5.69 Å². The minimum absolute atomic E-state index is 0.380. The molecular formula is C12H18N2O2. The van der Waals surface area contributed by atoms with Crippen LogP contribution in [0.2, 0.25) is 0 Å². The summed E-state index contributed by atoms with van der Waals surface area (Å²) >= 11 is 0. The van der Waals surface area contributed by atoms with Crippen molar-refractivity contribution >= 4 is 5.69 Å². The van der Waals surface area contributed by atoms with Crippen LogP contribution in [0.3, 0.4) is 0 Å². The molecule has 0 fully saturated rings.